The smallest absolute Gasteiger partial charge is 0.0766 e. The maximum Gasteiger partial charge on any atom is 0.0766 e. The van der Waals surface area contributed by atoms with Gasteiger partial charge in [0.1, 0.15) is 0 Å². The van der Waals surface area contributed by atoms with E-state index in [2.05, 4.69) is 45.6 Å². The molecule has 100 valence electrons. The monoisotopic (exact) mass is 280 g/mol. The van der Waals surface area contributed by atoms with Gasteiger partial charge in [-0.05, 0) is 17.2 Å². The highest BCUT2D eigenvalue weighted by Crippen LogP contribution is 2.36. The second-order valence-corrected chi connectivity index (χ2v) is 13.0. The molecule has 0 radical (unpaired) electrons. The zero-order valence-corrected chi connectivity index (χ0v) is 13.9. The van der Waals surface area contributed by atoms with Gasteiger partial charge in [0, 0.05) is 10.6 Å². The minimum absolute atomic E-state index is 0.345. The minimum atomic E-state index is -1.39. The van der Waals surface area contributed by atoms with Crippen LogP contribution in [-0.2, 0) is 10.8 Å². The maximum atomic E-state index is 12.1. The zero-order valence-electron chi connectivity index (χ0n) is 12.1. The first-order valence-electron chi connectivity index (χ1n) is 6.35. The number of rotatable bonds is 4. The van der Waals surface area contributed by atoms with E-state index in [-0.39, 0.29) is 0 Å². The topological polar surface area (TPSA) is 17.1 Å². The van der Waals surface area contributed by atoms with Crippen LogP contribution < -0.4 is 0 Å². The van der Waals surface area contributed by atoms with Crippen LogP contribution in [0.1, 0.15) is 20.8 Å². The van der Waals surface area contributed by atoms with Gasteiger partial charge in [0.25, 0.3) is 0 Å². The van der Waals surface area contributed by atoms with Crippen LogP contribution in [0.3, 0.4) is 0 Å². The summed E-state index contributed by atoms with van der Waals surface area (Å²) >= 11 is 0. The normalized spacial score (nSPS) is 14.9. The molecule has 18 heavy (non-hydrogen) atoms. The molecule has 0 N–H and O–H groups in total. The predicted octanol–water partition coefficient (Wildman–Crippen LogP) is 4.40. The largest absolute Gasteiger partial charge is 0.254 e. The molecule has 0 aliphatic rings. The van der Waals surface area contributed by atoms with Crippen molar-refractivity contribution in [3.8, 4) is 0 Å². The van der Waals surface area contributed by atoms with Gasteiger partial charge in [-0.3, -0.25) is 4.21 Å². The van der Waals surface area contributed by atoms with Gasteiger partial charge in [0.15, 0.2) is 0 Å². The van der Waals surface area contributed by atoms with Crippen LogP contribution in [0.2, 0.25) is 18.1 Å². The minimum Gasteiger partial charge on any atom is -0.254 e. The van der Waals surface area contributed by atoms with Crippen molar-refractivity contribution in [1.29, 1.82) is 0 Å². The second kappa shape index (κ2) is 5.98. The molecule has 0 aliphatic carbocycles. The van der Waals surface area contributed by atoms with Crippen molar-refractivity contribution < 1.29 is 4.21 Å². The Kier molecular flexibility index (Phi) is 5.11. The zero-order chi connectivity index (χ0) is 13.8. The molecule has 1 atom stereocenters. The van der Waals surface area contributed by atoms with Crippen LogP contribution in [0.15, 0.2) is 47.0 Å². The van der Waals surface area contributed by atoms with Gasteiger partial charge >= 0.3 is 0 Å². The summed E-state index contributed by atoms with van der Waals surface area (Å²) in [5.74, 6) is 0.622. The van der Waals surface area contributed by atoms with Crippen LogP contribution in [0.5, 0.6) is 0 Å². The molecule has 1 rings (SSSR count). The molecule has 1 unspecified atom stereocenters. The van der Waals surface area contributed by atoms with E-state index in [1.165, 1.54) is 0 Å². The van der Waals surface area contributed by atoms with Gasteiger partial charge in [-0.2, -0.15) is 0 Å². The Morgan fingerprint density at radius 3 is 2.22 bits per heavy atom. The summed E-state index contributed by atoms with van der Waals surface area (Å²) in [6, 6.07) is 9.67. The highest BCUT2D eigenvalue weighted by atomic mass is 32.2. The Morgan fingerprint density at radius 1 is 1.17 bits per heavy atom. The van der Waals surface area contributed by atoms with Gasteiger partial charge in [0.2, 0.25) is 0 Å². The lowest BCUT2D eigenvalue weighted by molar-refractivity contribution is 0.685. The SMILES string of the molecule is CC(C)(C)[Si](C)(C)/C=C/CS(=O)c1ccccc1. The third-order valence-corrected chi connectivity index (χ3v) is 9.95. The van der Waals surface area contributed by atoms with E-state index >= 15 is 0 Å². The summed E-state index contributed by atoms with van der Waals surface area (Å²) in [5.41, 5.74) is 2.33. The number of hydrogen-bond acceptors (Lipinski definition) is 1. The summed E-state index contributed by atoms with van der Waals surface area (Å²) in [6.07, 6.45) is 2.11. The second-order valence-electron chi connectivity index (χ2n) is 6.20. The van der Waals surface area contributed by atoms with E-state index in [4.69, 9.17) is 0 Å². The molecule has 1 nitrogen and oxygen atoms in total. The van der Waals surface area contributed by atoms with Crippen molar-refractivity contribution in [2.24, 2.45) is 0 Å². The van der Waals surface area contributed by atoms with Crippen molar-refractivity contribution in [2.45, 2.75) is 43.8 Å². The van der Waals surface area contributed by atoms with E-state index in [1.807, 2.05) is 30.3 Å². The van der Waals surface area contributed by atoms with Gasteiger partial charge in [-0.15, -0.1) is 0 Å². The third kappa shape index (κ3) is 4.21. The molecule has 1 aromatic carbocycles. The lowest BCUT2D eigenvalue weighted by Gasteiger charge is -2.34. The average Bonchev–Trinajstić information content (AvgIpc) is 2.28. The van der Waals surface area contributed by atoms with Crippen LogP contribution in [0.4, 0.5) is 0 Å². The first-order valence-corrected chi connectivity index (χ1v) is 10.7. The molecule has 0 aromatic heterocycles. The molecule has 0 aliphatic heterocycles. The van der Waals surface area contributed by atoms with Crippen LogP contribution in [0, 0.1) is 0 Å². The van der Waals surface area contributed by atoms with Crippen molar-refractivity contribution >= 4 is 18.9 Å². The molecule has 0 bridgehead atoms. The van der Waals surface area contributed by atoms with Gasteiger partial charge < -0.3 is 0 Å². The van der Waals surface area contributed by atoms with E-state index in [1.54, 1.807) is 0 Å². The van der Waals surface area contributed by atoms with Crippen LogP contribution >= 0.6 is 0 Å². The fraction of sp³-hybridized carbons (Fsp3) is 0.467. The van der Waals surface area contributed by atoms with Crippen molar-refractivity contribution in [2.75, 3.05) is 5.75 Å². The summed E-state index contributed by atoms with van der Waals surface area (Å²) < 4.78 is 12.1. The third-order valence-electron chi connectivity index (χ3n) is 3.72. The van der Waals surface area contributed by atoms with Crippen molar-refractivity contribution in [3.63, 3.8) is 0 Å². The summed E-state index contributed by atoms with van der Waals surface area (Å²) in [5, 5.41) is 0.345. The molecular formula is C15H24OSSi. The average molecular weight is 281 g/mol. The van der Waals surface area contributed by atoms with E-state index in [0.29, 0.717) is 10.8 Å². The summed E-state index contributed by atoms with van der Waals surface area (Å²) in [6.45, 7) is 11.6. The van der Waals surface area contributed by atoms with E-state index in [0.717, 1.165) is 4.90 Å². The molecule has 0 heterocycles. The Morgan fingerprint density at radius 2 is 1.72 bits per heavy atom. The Labute approximate surface area is 115 Å². The first kappa shape index (κ1) is 15.4. The van der Waals surface area contributed by atoms with Gasteiger partial charge in [0.05, 0.1) is 18.9 Å². The summed E-state index contributed by atoms with van der Waals surface area (Å²) in [7, 11) is -2.30. The van der Waals surface area contributed by atoms with Crippen molar-refractivity contribution in [1.82, 2.24) is 0 Å². The molecule has 0 saturated carbocycles. The quantitative estimate of drug-likeness (QED) is 0.747. The van der Waals surface area contributed by atoms with Crippen LogP contribution in [-0.4, -0.2) is 18.0 Å². The Hall–Kier alpha value is -0.673. The van der Waals surface area contributed by atoms with Gasteiger partial charge in [-0.1, -0.05) is 63.8 Å². The fourth-order valence-electron chi connectivity index (χ4n) is 1.35. The highest BCUT2D eigenvalue weighted by Gasteiger charge is 2.32. The molecule has 1 aromatic rings. The molecule has 0 fully saturated rings. The Balaban J connectivity index is 2.64. The van der Waals surface area contributed by atoms with Gasteiger partial charge in [-0.25, -0.2) is 0 Å². The molecule has 3 heteroatoms. The summed E-state index contributed by atoms with van der Waals surface area (Å²) in [4.78, 5) is 0.914. The fourth-order valence-corrected chi connectivity index (χ4v) is 3.65. The van der Waals surface area contributed by atoms with Crippen molar-refractivity contribution in [3.05, 3.63) is 42.1 Å². The first-order chi connectivity index (χ1) is 8.24. The maximum absolute atomic E-state index is 12.1. The number of benzene rings is 1. The molecule has 0 spiro atoms. The standard InChI is InChI=1S/C15H24OSSi/c1-15(2,3)18(4,5)13-9-12-17(16)14-10-7-6-8-11-14/h6-11,13H,12H2,1-5H3/b13-9+. The number of hydrogen-bond donors (Lipinski definition) is 0. The molecular weight excluding hydrogens is 256 g/mol. The predicted molar refractivity (Wildman–Crippen MR) is 84.1 cm³/mol. The highest BCUT2D eigenvalue weighted by molar-refractivity contribution is 7.85. The Bertz CT molecular complexity index is 430. The lowest BCUT2D eigenvalue weighted by atomic mass is 10.2. The van der Waals surface area contributed by atoms with Crippen LogP contribution in [0.25, 0.3) is 0 Å². The van der Waals surface area contributed by atoms with E-state index in [9.17, 15) is 4.21 Å². The molecule has 0 amide bonds. The van der Waals surface area contributed by atoms with E-state index < -0.39 is 18.9 Å². The molecule has 0 saturated heterocycles. The lowest BCUT2D eigenvalue weighted by Crippen LogP contribution is -2.35.